The summed E-state index contributed by atoms with van der Waals surface area (Å²) in [6.45, 7) is 0. The molecule has 1 atom stereocenters. The minimum Gasteiger partial charge on any atom is -0.496 e. The Morgan fingerprint density at radius 3 is 2.29 bits per heavy atom. The molecule has 1 rings (SSSR count). The third kappa shape index (κ3) is 2.89. The lowest BCUT2D eigenvalue weighted by molar-refractivity contribution is -0.142. The maximum absolute atomic E-state index is 11.4. The molecule has 1 aromatic rings. The van der Waals surface area contributed by atoms with Crippen LogP contribution in [0.15, 0.2) is 16.6 Å². The number of benzene rings is 1. The number of esters is 1. The van der Waals surface area contributed by atoms with Gasteiger partial charge in [0.15, 0.2) is 0 Å². The lowest BCUT2D eigenvalue weighted by atomic mass is 10.1. The Balaban J connectivity index is 3.25. The fraction of sp³-hybridized carbons (Fsp3) is 0.364. The van der Waals surface area contributed by atoms with E-state index < -0.39 is 12.0 Å². The number of nitrogens with two attached hydrogens (primary N) is 1. The van der Waals surface area contributed by atoms with Crippen LogP contribution in [-0.4, -0.2) is 27.3 Å². The Kier molecular flexibility index (Phi) is 4.77. The molecule has 0 heterocycles. The Hall–Kier alpha value is -1.27. The highest BCUT2D eigenvalue weighted by atomic mass is 79.9. The molecule has 94 valence electrons. The number of hydrogen-bond donors (Lipinski definition) is 1. The molecule has 6 heteroatoms. The van der Waals surface area contributed by atoms with E-state index in [2.05, 4.69) is 20.7 Å². The van der Waals surface area contributed by atoms with Crippen molar-refractivity contribution in [1.82, 2.24) is 0 Å². The molecule has 0 radical (unpaired) electrons. The number of ether oxygens (including phenoxy) is 3. The molecule has 0 saturated heterocycles. The van der Waals surface area contributed by atoms with Crippen molar-refractivity contribution < 1.29 is 19.0 Å². The SMILES string of the molecule is COC(=O)[C@@H](N)c1cc(OC)c(Br)cc1OC. The summed E-state index contributed by atoms with van der Waals surface area (Å²) in [6.07, 6.45) is 0. The van der Waals surface area contributed by atoms with Crippen LogP contribution >= 0.6 is 15.9 Å². The molecule has 0 aliphatic rings. The van der Waals surface area contributed by atoms with E-state index >= 15 is 0 Å². The normalized spacial score (nSPS) is 11.8. The van der Waals surface area contributed by atoms with Crippen LogP contribution in [0.5, 0.6) is 11.5 Å². The second-order valence-electron chi connectivity index (χ2n) is 3.23. The van der Waals surface area contributed by atoms with Gasteiger partial charge in [0, 0.05) is 5.56 Å². The second kappa shape index (κ2) is 5.88. The quantitative estimate of drug-likeness (QED) is 0.856. The van der Waals surface area contributed by atoms with Crippen molar-refractivity contribution in [1.29, 1.82) is 0 Å². The van der Waals surface area contributed by atoms with Crippen molar-refractivity contribution in [2.75, 3.05) is 21.3 Å². The smallest absolute Gasteiger partial charge is 0.327 e. The van der Waals surface area contributed by atoms with Crippen molar-refractivity contribution in [3.63, 3.8) is 0 Å². The fourth-order valence-corrected chi connectivity index (χ4v) is 1.87. The molecule has 0 aromatic heterocycles. The molecule has 0 saturated carbocycles. The average Bonchev–Trinajstić information content (AvgIpc) is 2.36. The Morgan fingerprint density at radius 2 is 1.82 bits per heavy atom. The van der Waals surface area contributed by atoms with E-state index in [0.29, 0.717) is 17.1 Å². The molecular formula is C11H14BrNO4. The summed E-state index contributed by atoms with van der Waals surface area (Å²) in [6, 6.07) is 2.43. The third-order valence-electron chi connectivity index (χ3n) is 2.29. The van der Waals surface area contributed by atoms with E-state index in [1.807, 2.05) is 0 Å². The number of halogens is 1. The molecule has 0 aliphatic carbocycles. The molecule has 1 aromatic carbocycles. The van der Waals surface area contributed by atoms with Crippen LogP contribution in [-0.2, 0) is 9.53 Å². The molecule has 0 spiro atoms. The molecule has 0 aliphatic heterocycles. The summed E-state index contributed by atoms with van der Waals surface area (Å²) < 4.78 is 15.6. The van der Waals surface area contributed by atoms with Gasteiger partial charge in [-0.1, -0.05) is 0 Å². The first kappa shape index (κ1) is 13.8. The van der Waals surface area contributed by atoms with E-state index in [-0.39, 0.29) is 0 Å². The van der Waals surface area contributed by atoms with Gasteiger partial charge >= 0.3 is 5.97 Å². The van der Waals surface area contributed by atoms with Crippen molar-refractivity contribution >= 4 is 21.9 Å². The highest BCUT2D eigenvalue weighted by Crippen LogP contribution is 2.35. The van der Waals surface area contributed by atoms with E-state index in [4.69, 9.17) is 15.2 Å². The predicted octanol–water partition coefficient (Wildman–Crippen LogP) is 1.64. The van der Waals surface area contributed by atoms with Crippen molar-refractivity contribution in [2.24, 2.45) is 5.73 Å². The van der Waals surface area contributed by atoms with Crippen LogP contribution in [0.2, 0.25) is 0 Å². The number of methoxy groups -OCH3 is 3. The predicted molar refractivity (Wildman–Crippen MR) is 66.2 cm³/mol. The topological polar surface area (TPSA) is 70.8 Å². The Morgan fingerprint density at radius 1 is 1.24 bits per heavy atom. The Labute approximate surface area is 108 Å². The van der Waals surface area contributed by atoms with Crippen LogP contribution in [0.4, 0.5) is 0 Å². The number of carbonyl (C=O) groups excluding carboxylic acids is 1. The molecule has 0 bridgehead atoms. The first-order chi connectivity index (χ1) is 8.04. The fourth-order valence-electron chi connectivity index (χ4n) is 1.38. The zero-order chi connectivity index (χ0) is 13.0. The summed E-state index contributed by atoms with van der Waals surface area (Å²) in [5, 5.41) is 0. The molecule has 0 unspecified atom stereocenters. The van der Waals surface area contributed by atoms with Crippen LogP contribution in [0.25, 0.3) is 0 Å². The largest absolute Gasteiger partial charge is 0.496 e. The number of rotatable bonds is 4. The van der Waals surface area contributed by atoms with Gasteiger partial charge in [0.1, 0.15) is 17.5 Å². The lowest BCUT2D eigenvalue weighted by Gasteiger charge is -2.16. The molecular weight excluding hydrogens is 290 g/mol. The van der Waals surface area contributed by atoms with Gasteiger partial charge in [-0.05, 0) is 28.1 Å². The highest BCUT2D eigenvalue weighted by molar-refractivity contribution is 9.10. The first-order valence-corrected chi connectivity index (χ1v) is 5.59. The van der Waals surface area contributed by atoms with Crippen LogP contribution in [0.1, 0.15) is 11.6 Å². The molecule has 2 N–H and O–H groups in total. The van der Waals surface area contributed by atoms with Crippen LogP contribution in [0.3, 0.4) is 0 Å². The second-order valence-corrected chi connectivity index (χ2v) is 4.08. The Bertz CT molecular complexity index is 422. The van der Waals surface area contributed by atoms with Gasteiger partial charge in [-0.25, -0.2) is 0 Å². The maximum Gasteiger partial charge on any atom is 0.327 e. The molecule has 17 heavy (non-hydrogen) atoms. The molecule has 5 nitrogen and oxygen atoms in total. The summed E-state index contributed by atoms with van der Waals surface area (Å²) in [7, 11) is 4.31. The summed E-state index contributed by atoms with van der Waals surface area (Å²) >= 11 is 3.32. The summed E-state index contributed by atoms with van der Waals surface area (Å²) in [5.41, 5.74) is 6.29. The van der Waals surface area contributed by atoms with Crippen LogP contribution < -0.4 is 15.2 Å². The van der Waals surface area contributed by atoms with Gasteiger partial charge in [-0.15, -0.1) is 0 Å². The highest BCUT2D eigenvalue weighted by Gasteiger charge is 2.22. The van der Waals surface area contributed by atoms with E-state index in [9.17, 15) is 4.79 Å². The van der Waals surface area contributed by atoms with Gasteiger partial charge in [-0.2, -0.15) is 0 Å². The third-order valence-corrected chi connectivity index (χ3v) is 2.91. The standard InChI is InChI=1S/C11H14BrNO4/c1-15-8-5-7(12)9(16-2)4-6(8)10(13)11(14)17-3/h4-5,10H,13H2,1-3H3/t10-/m0/s1. The summed E-state index contributed by atoms with van der Waals surface area (Å²) in [5.74, 6) is 0.531. The van der Waals surface area contributed by atoms with Crippen molar-refractivity contribution in [2.45, 2.75) is 6.04 Å². The van der Waals surface area contributed by atoms with Gasteiger partial charge < -0.3 is 19.9 Å². The molecule has 0 amide bonds. The van der Waals surface area contributed by atoms with Gasteiger partial charge in [0.2, 0.25) is 0 Å². The number of carbonyl (C=O) groups is 1. The molecule has 0 fully saturated rings. The van der Waals surface area contributed by atoms with Gasteiger partial charge in [0.25, 0.3) is 0 Å². The lowest BCUT2D eigenvalue weighted by Crippen LogP contribution is -2.23. The van der Waals surface area contributed by atoms with Crippen molar-refractivity contribution in [3.05, 3.63) is 22.2 Å². The zero-order valence-corrected chi connectivity index (χ0v) is 11.4. The van der Waals surface area contributed by atoms with E-state index in [1.54, 1.807) is 12.1 Å². The van der Waals surface area contributed by atoms with E-state index in [1.165, 1.54) is 21.3 Å². The number of hydrogen-bond acceptors (Lipinski definition) is 5. The monoisotopic (exact) mass is 303 g/mol. The van der Waals surface area contributed by atoms with Crippen molar-refractivity contribution in [3.8, 4) is 11.5 Å². The summed E-state index contributed by atoms with van der Waals surface area (Å²) in [4.78, 5) is 11.4. The van der Waals surface area contributed by atoms with Crippen LogP contribution in [0, 0.1) is 0 Å². The zero-order valence-electron chi connectivity index (χ0n) is 9.82. The van der Waals surface area contributed by atoms with E-state index in [0.717, 1.165) is 4.47 Å². The average molecular weight is 304 g/mol. The van der Waals surface area contributed by atoms with Gasteiger partial charge in [-0.3, -0.25) is 4.79 Å². The minimum atomic E-state index is -0.906. The van der Waals surface area contributed by atoms with Gasteiger partial charge in [0.05, 0.1) is 25.8 Å². The minimum absolute atomic E-state index is 0.496. The first-order valence-electron chi connectivity index (χ1n) is 4.80. The maximum atomic E-state index is 11.4.